The third-order valence-electron chi connectivity index (χ3n) is 3.52. The van der Waals surface area contributed by atoms with Gasteiger partial charge in [-0.2, -0.15) is 5.10 Å². The fourth-order valence-electron chi connectivity index (χ4n) is 2.53. The van der Waals surface area contributed by atoms with Crippen LogP contribution in [0.5, 0.6) is 0 Å². The van der Waals surface area contributed by atoms with Crippen LogP contribution in [-0.2, 0) is 0 Å². The Morgan fingerprint density at radius 3 is 2.50 bits per heavy atom. The van der Waals surface area contributed by atoms with Gasteiger partial charge in [-0.3, -0.25) is 5.10 Å². The minimum absolute atomic E-state index is 1.04. The average molecular weight is 259 g/mol. The third-order valence-corrected chi connectivity index (χ3v) is 3.52. The Bertz CT molecular complexity index is 823. The van der Waals surface area contributed by atoms with Gasteiger partial charge >= 0.3 is 0 Å². The van der Waals surface area contributed by atoms with Crippen molar-refractivity contribution in [2.24, 2.45) is 0 Å². The summed E-state index contributed by atoms with van der Waals surface area (Å²) < 4.78 is 0. The summed E-state index contributed by atoms with van der Waals surface area (Å²) in [7, 11) is 0. The summed E-state index contributed by atoms with van der Waals surface area (Å²) in [4.78, 5) is 3.45. The molecule has 3 nitrogen and oxygen atoms in total. The molecule has 0 saturated carbocycles. The van der Waals surface area contributed by atoms with Gasteiger partial charge in [0, 0.05) is 22.0 Å². The number of hydrogen-bond donors (Lipinski definition) is 2. The van der Waals surface area contributed by atoms with Crippen LogP contribution in [0, 0.1) is 0 Å². The Labute approximate surface area is 116 Å². The third kappa shape index (κ3) is 1.72. The molecule has 4 rings (SSSR count). The van der Waals surface area contributed by atoms with Crippen molar-refractivity contribution in [3.05, 3.63) is 66.9 Å². The highest BCUT2D eigenvalue weighted by atomic mass is 15.1. The van der Waals surface area contributed by atoms with Crippen LogP contribution in [0.4, 0.5) is 0 Å². The number of fused-ring (bicyclic) bond motifs is 1. The molecule has 2 heterocycles. The van der Waals surface area contributed by atoms with E-state index in [0.717, 1.165) is 28.0 Å². The van der Waals surface area contributed by atoms with Crippen molar-refractivity contribution in [3.63, 3.8) is 0 Å². The maximum absolute atomic E-state index is 4.20. The summed E-state index contributed by atoms with van der Waals surface area (Å²) in [5, 5.41) is 8.51. The number of nitrogens with one attached hydrogen (secondary N) is 2. The highest BCUT2D eigenvalue weighted by molar-refractivity contribution is 5.89. The molecule has 20 heavy (non-hydrogen) atoms. The van der Waals surface area contributed by atoms with E-state index in [9.17, 15) is 0 Å². The van der Waals surface area contributed by atoms with E-state index in [2.05, 4.69) is 45.5 Å². The largest absolute Gasteiger partial charge is 0.354 e. The minimum Gasteiger partial charge on any atom is -0.354 e. The van der Waals surface area contributed by atoms with E-state index in [0.29, 0.717) is 0 Å². The molecule has 2 aromatic carbocycles. The number of H-pyrrole nitrogens is 2. The van der Waals surface area contributed by atoms with Crippen molar-refractivity contribution in [1.29, 1.82) is 0 Å². The molecule has 4 aromatic rings. The van der Waals surface area contributed by atoms with E-state index in [-0.39, 0.29) is 0 Å². The van der Waals surface area contributed by atoms with Crippen LogP contribution >= 0.6 is 0 Å². The second-order valence-corrected chi connectivity index (χ2v) is 4.79. The zero-order valence-corrected chi connectivity index (χ0v) is 10.8. The van der Waals surface area contributed by atoms with Crippen molar-refractivity contribution in [2.75, 3.05) is 0 Å². The molecule has 0 bridgehead atoms. The molecule has 0 atom stereocenters. The Hall–Kier alpha value is -2.81. The quantitative estimate of drug-likeness (QED) is 0.556. The predicted octanol–water partition coefficient (Wildman–Crippen LogP) is 4.23. The Balaban J connectivity index is 1.89. The highest BCUT2D eigenvalue weighted by Gasteiger charge is 2.11. The van der Waals surface area contributed by atoms with Gasteiger partial charge in [-0.15, -0.1) is 0 Å². The van der Waals surface area contributed by atoms with Crippen LogP contribution in [0.25, 0.3) is 33.4 Å². The fraction of sp³-hybridized carbons (Fsp3) is 0. The van der Waals surface area contributed by atoms with Crippen molar-refractivity contribution in [3.8, 4) is 22.5 Å². The molecule has 0 amide bonds. The lowest BCUT2D eigenvalue weighted by Crippen LogP contribution is -1.82. The van der Waals surface area contributed by atoms with E-state index in [1.807, 2.05) is 36.5 Å². The number of benzene rings is 2. The van der Waals surface area contributed by atoms with Crippen molar-refractivity contribution in [2.45, 2.75) is 0 Å². The SMILES string of the molecule is c1ccc(-c2[nH]ncc2-c2cc3ccccc3[nH]2)cc1. The molecule has 96 valence electrons. The lowest BCUT2D eigenvalue weighted by molar-refractivity contribution is 1.10. The number of nitrogens with zero attached hydrogens (tertiary/aromatic N) is 1. The fourth-order valence-corrected chi connectivity index (χ4v) is 2.53. The molecule has 0 spiro atoms. The summed E-state index contributed by atoms with van der Waals surface area (Å²) >= 11 is 0. The maximum Gasteiger partial charge on any atom is 0.0743 e. The van der Waals surface area contributed by atoms with Gasteiger partial charge < -0.3 is 4.98 Å². The monoisotopic (exact) mass is 259 g/mol. The standard InChI is InChI=1S/C17H13N3/c1-2-6-12(7-3-1)17-14(11-18-20-17)16-10-13-8-4-5-9-15(13)19-16/h1-11,19H,(H,18,20). The molecular weight excluding hydrogens is 246 g/mol. The van der Waals surface area contributed by atoms with Crippen LogP contribution in [0.1, 0.15) is 0 Å². The molecule has 0 aliphatic carbocycles. The Morgan fingerprint density at radius 1 is 0.850 bits per heavy atom. The first-order valence-electron chi connectivity index (χ1n) is 6.59. The summed E-state index contributed by atoms with van der Waals surface area (Å²) in [6, 6.07) is 20.7. The smallest absolute Gasteiger partial charge is 0.0743 e. The Kier molecular flexibility index (Phi) is 2.42. The summed E-state index contributed by atoms with van der Waals surface area (Å²) in [6.07, 6.45) is 1.87. The number of para-hydroxylation sites is 1. The first-order valence-corrected chi connectivity index (χ1v) is 6.59. The van der Waals surface area contributed by atoms with Gasteiger partial charge in [-0.1, -0.05) is 48.5 Å². The molecule has 0 radical (unpaired) electrons. The molecule has 0 saturated heterocycles. The predicted molar refractivity (Wildman–Crippen MR) is 81.3 cm³/mol. The van der Waals surface area contributed by atoms with Gasteiger partial charge in [0.25, 0.3) is 0 Å². The first kappa shape index (κ1) is 11.1. The van der Waals surface area contributed by atoms with Crippen LogP contribution < -0.4 is 0 Å². The lowest BCUT2D eigenvalue weighted by Gasteiger charge is -2.01. The van der Waals surface area contributed by atoms with E-state index >= 15 is 0 Å². The summed E-state index contributed by atoms with van der Waals surface area (Å²) in [5.74, 6) is 0. The zero-order valence-electron chi connectivity index (χ0n) is 10.8. The van der Waals surface area contributed by atoms with Crippen LogP contribution in [-0.4, -0.2) is 15.2 Å². The van der Waals surface area contributed by atoms with Gasteiger partial charge in [0.1, 0.15) is 0 Å². The number of rotatable bonds is 2. The number of aromatic nitrogens is 3. The molecule has 0 unspecified atom stereocenters. The molecular formula is C17H13N3. The molecule has 2 aromatic heterocycles. The van der Waals surface area contributed by atoms with Crippen LogP contribution in [0.3, 0.4) is 0 Å². The van der Waals surface area contributed by atoms with Gasteiger partial charge in [0.2, 0.25) is 0 Å². The average Bonchev–Trinajstić information content (AvgIpc) is 3.14. The second kappa shape index (κ2) is 4.38. The van der Waals surface area contributed by atoms with Crippen LogP contribution in [0.15, 0.2) is 66.9 Å². The zero-order chi connectivity index (χ0) is 13.4. The van der Waals surface area contributed by atoms with E-state index in [1.54, 1.807) is 0 Å². The van der Waals surface area contributed by atoms with Gasteiger partial charge in [0.15, 0.2) is 0 Å². The van der Waals surface area contributed by atoms with E-state index in [4.69, 9.17) is 0 Å². The number of hydrogen-bond acceptors (Lipinski definition) is 1. The van der Waals surface area contributed by atoms with E-state index in [1.165, 1.54) is 5.39 Å². The van der Waals surface area contributed by atoms with Crippen molar-refractivity contribution < 1.29 is 0 Å². The molecule has 0 aliphatic heterocycles. The first-order chi connectivity index (χ1) is 9.92. The molecule has 2 N–H and O–H groups in total. The summed E-state index contributed by atoms with van der Waals surface area (Å²) in [6.45, 7) is 0. The minimum atomic E-state index is 1.04. The normalized spacial score (nSPS) is 11.0. The topological polar surface area (TPSA) is 44.5 Å². The van der Waals surface area contributed by atoms with Crippen LogP contribution in [0.2, 0.25) is 0 Å². The lowest BCUT2D eigenvalue weighted by atomic mass is 10.1. The molecule has 3 heteroatoms. The second-order valence-electron chi connectivity index (χ2n) is 4.79. The summed E-state index contributed by atoms with van der Waals surface area (Å²) in [5.41, 5.74) is 5.49. The van der Waals surface area contributed by atoms with Crippen molar-refractivity contribution in [1.82, 2.24) is 15.2 Å². The van der Waals surface area contributed by atoms with E-state index < -0.39 is 0 Å². The Morgan fingerprint density at radius 2 is 1.65 bits per heavy atom. The molecule has 0 fully saturated rings. The van der Waals surface area contributed by atoms with Gasteiger partial charge in [-0.05, 0) is 12.1 Å². The maximum atomic E-state index is 4.20. The molecule has 0 aliphatic rings. The highest BCUT2D eigenvalue weighted by Crippen LogP contribution is 2.31. The number of aromatic amines is 2. The van der Waals surface area contributed by atoms with Crippen molar-refractivity contribution >= 4 is 10.9 Å². The van der Waals surface area contributed by atoms with Gasteiger partial charge in [0.05, 0.1) is 17.6 Å². The van der Waals surface area contributed by atoms with Gasteiger partial charge in [-0.25, -0.2) is 0 Å².